The van der Waals surface area contributed by atoms with Crippen LogP contribution in [0.5, 0.6) is 0 Å². The van der Waals surface area contributed by atoms with Crippen molar-refractivity contribution in [3.63, 3.8) is 0 Å². The highest BCUT2D eigenvalue weighted by atomic mass is 16.8. The van der Waals surface area contributed by atoms with E-state index in [2.05, 4.69) is 6.07 Å². The van der Waals surface area contributed by atoms with E-state index in [1.807, 2.05) is 26.0 Å². The molecule has 0 amide bonds. The Morgan fingerprint density at radius 2 is 2.19 bits per heavy atom. The Hall–Kier alpha value is -1.41. The van der Waals surface area contributed by atoms with Gasteiger partial charge in [0.2, 0.25) is 0 Å². The summed E-state index contributed by atoms with van der Waals surface area (Å²) in [6, 6.07) is 9.39. The van der Waals surface area contributed by atoms with Crippen LogP contribution in [-0.4, -0.2) is 12.4 Å². The predicted molar refractivity (Wildman–Crippen MR) is 60.1 cm³/mol. The van der Waals surface area contributed by atoms with Crippen molar-refractivity contribution < 1.29 is 9.57 Å². The predicted octanol–water partition coefficient (Wildman–Crippen LogP) is 1.74. The minimum absolute atomic E-state index is 0.0488. The van der Waals surface area contributed by atoms with E-state index in [4.69, 9.17) is 20.7 Å². The summed E-state index contributed by atoms with van der Waals surface area (Å²) >= 11 is 0. The van der Waals surface area contributed by atoms with E-state index in [-0.39, 0.29) is 6.10 Å². The first-order valence-corrected chi connectivity index (χ1v) is 5.15. The quantitative estimate of drug-likeness (QED) is 0.606. The summed E-state index contributed by atoms with van der Waals surface area (Å²) in [5.74, 6) is 5.15. The molecule has 0 bridgehead atoms. The smallest absolute Gasteiger partial charge is 0.181 e. The molecule has 16 heavy (non-hydrogen) atoms. The Morgan fingerprint density at radius 3 is 2.75 bits per heavy atom. The van der Waals surface area contributed by atoms with Gasteiger partial charge in [0.25, 0.3) is 0 Å². The third-order valence-electron chi connectivity index (χ3n) is 2.03. The lowest BCUT2D eigenvalue weighted by Crippen LogP contribution is -2.26. The molecule has 4 nitrogen and oxygen atoms in total. The molecule has 1 aromatic rings. The Bertz CT molecular complexity index is 372. The molecule has 1 unspecified atom stereocenters. The molecule has 0 saturated carbocycles. The summed E-state index contributed by atoms with van der Waals surface area (Å²) in [4.78, 5) is 4.73. The summed E-state index contributed by atoms with van der Waals surface area (Å²) in [6.07, 6.45) is 0.103. The van der Waals surface area contributed by atoms with E-state index in [0.717, 1.165) is 5.56 Å². The molecule has 1 rings (SSSR count). The molecule has 1 atom stereocenters. The summed E-state index contributed by atoms with van der Waals surface area (Å²) in [7, 11) is 0. The second kappa shape index (κ2) is 6.23. The van der Waals surface area contributed by atoms with E-state index in [0.29, 0.717) is 12.0 Å². The van der Waals surface area contributed by atoms with Gasteiger partial charge in [0, 0.05) is 6.42 Å². The number of nitrogens with zero attached hydrogens (tertiary/aromatic N) is 1. The Kier molecular flexibility index (Phi) is 4.93. The van der Waals surface area contributed by atoms with Crippen molar-refractivity contribution in [1.82, 2.24) is 0 Å². The Labute approximate surface area is 95.5 Å². The van der Waals surface area contributed by atoms with Crippen molar-refractivity contribution in [1.29, 1.82) is 5.26 Å². The lowest BCUT2D eigenvalue weighted by Gasteiger charge is -2.18. The molecule has 4 heteroatoms. The van der Waals surface area contributed by atoms with Crippen LogP contribution in [0.2, 0.25) is 0 Å². The van der Waals surface area contributed by atoms with E-state index in [1.54, 1.807) is 12.1 Å². The van der Waals surface area contributed by atoms with E-state index in [1.165, 1.54) is 0 Å². The first-order chi connectivity index (χ1) is 7.65. The molecular weight excluding hydrogens is 204 g/mol. The fraction of sp³-hybridized carbons (Fsp3) is 0.417. The molecule has 2 N–H and O–H groups in total. The fourth-order valence-corrected chi connectivity index (χ4v) is 1.39. The van der Waals surface area contributed by atoms with Crippen molar-refractivity contribution >= 4 is 0 Å². The number of hydrogen-bond donors (Lipinski definition) is 1. The first kappa shape index (κ1) is 12.7. The van der Waals surface area contributed by atoms with Crippen LogP contribution in [0.15, 0.2) is 24.3 Å². The van der Waals surface area contributed by atoms with Crippen LogP contribution in [0.25, 0.3) is 0 Å². The fourth-order valence-electron chi connectivity index (χ4n) is 1.39. The topological polar surface area (TPSA) is 68.3 Å². The average molecular weight is 220 g/mol. The third-order valence-corrected chi connectivity index (χ3v) is 2.03. The van der Waals surface area contributed by atoms with Crippen LogP contribution in [0.3, 0.4) is 0 Å². The van der Waals surface area contributed by atoms with Gasteiger partial charge >= 0.3 is 0 Å². The molecule has 1 aromatic carbocycles. The minimum atomic E-state index is -0.478. The Morgan fingerprint density at radius 1 is 1.44 bits per heavy atom. The number of ether oxygens (including phenoxy) is 1. The van der Waals surface area contributed by atoms with Gasteiger partial charge in [0.05, 0.1) is 17.7 Å². The van der Waals surface area contributed by atoms with Gasteiger partial charge in [-0.3, -0.25) is 4.84 Å². The Balaban J connectivity index is 2.67. The first-order valence-electron chi connectivity index (χ1n) is 5.15. The molecule has 0 aliphatic heterocycles. The van der Waals surface area contributed by atoms with Crippen LogP contribution in [0, 0.1) is 11.3 Å². The molecular formula is C12H16N2O2. The molecule has 0 fully saturated rings. The number of nitrogens with two attached hydrogens (primary N) is 1. The zero-order valence-electron chi connectivity index (χ0n) is 9.51. The highest BCUT2D eigenvalue weighted by Crippen LogP contribution is 2.10. The number of nitriles is 1. The molecule has 0 aromatic heterocycles. The standard InChI is InChI=1S/C12H16N2O2/c1-9(2)15-12(16-14)7-10-4-3-5-11(6-10)8-13/h3-6,9,12H,7,14H2,1-2H3. The van der Waals surface area contributed by atoms with Gasteiger partial charge < -0.3 is 4.74 Å². The third kappa shape index (κ3) is 3.99. The van der Waals surface area contributed by atoms with Crippen molar-refractivity contribution in [2.75, 3.05) is 0 Å². The van der Waals surface area contributed by atoms with E-state index < -0.39 is 6.29 Å². The van der Waals surface area contributed by atoms with Gasteiger partial charge in [0.15, 0.2) is 6.29 Å². The minimum Gasteiger partial charge on any atom is -0.348 e. The summed E-state index contributed by atoms with van der Waals surface area (Å²) in [6.45, 7) is 3.83. The van der Waals surface area contributed by atoms with Gasteiger partial charge in [0.1, 0.15) is 0 Å². The highest BCUT2D eigenvalue weighted by Gasteiger charge is 2.11. The van der Waals surface area contributed by atoms with Gasteiger partial charge in [-0.2, -0.15) is 5.26 Å². The molecule has 0 spiro atoms. The normalized spacial score (nSPS) is 12.4. The van der Waals surface area contributed by atoms with Crippen molar-refractivity contribution in [3.05, 3.63) is 35.4 Å². The van der Waals surface area contributed by atoms with Crippen molar-refractivity contribution in [2.45, 2.75) is 32.7 Å². The summed E-state index contributed by atoms with van der Waals surface area (Å²) in [5.41, 5.74) is 1.59. The molecule has 0 aliphatic carbocycles. The zero-order chi connectivity index (χ0) is 12.0. The maximum absolute atomic E-state index is 8.76. The lowest BCUT2D eigenvalue weighted by molar-refractivity contribution is -0.164. The van der Waals surface area contributed by atoms with E-state index >= 15 is 0 Å². The summed E-state index contributed by atoms with van der Waals surface area (Å²) < 4.78 is 5.45. The van der Waals surface area contributed by atoms with E-state index in [9.17, 15) is 0 Å². The zero-order valence-corrected chi connectivity index (χ0v) is 9.51. The molecule has 86 valence electrons. The van der Waals surface area contributed by atoms with Gasteiger partial charge in [-0.15, -0.1) is 0 Å². The monoisotopic (exact) mass is 220 g/mol. The largest absolute Gasteiger partial charge is 0.348 e. The average Bonchev–Trinajstić information content (AvgIpc) is 2.28. The highest BCUT2D eigenvalue weighted by molar-refractivity contribution is 5.32. The molecule has 0 radical (unpaired) electrons. The van der Waals surface area contributed by atoms with Crippen LogP contribution in [-0.2, 0) is 16.0 Å². The molecule has 0 heterocycles. The second-order valence-electron chi connectivity index (χ2n) is 3.77. The summed E-state index contributed by atoms with van der Waals surface area (Å²) in [5, 5.41) is 8.76. The SMILES string of the molecule is CC(C)OC(Cc1cccc(C#N)c1)ON. The number of benzene rings is 1. The van der Waals surface area contributed by atoms with Crippen LogP contribution in [0.4, 0.5) is 0 Å². The number of hydrogen-bond acceptors (Lipinski definition) is 4. The molecule has 0 aliphatic rings. The maximum Gasteiger partial charge on any atom is 0.181 e. The molecule has 0 saturated heterocycles. The van der Waals surface area contributed by atoms with Crippen molar-refractivity contribution in [3.8, 4) is 6.07 Å². The van der Waals surface area contributed by atoms with Crippen LogP contribution in [0.1, 0.15) is 25.0 Å². The lowest BCUT2D eigenvalue weighted by atomic mass is 10.1. The number of rotatable bonds is 5. The second-order valence-corrected chi connectivity index (χ2v) is 3.77. The maximum atomic E-state index is 8.76. The van der Waals surface area contributed by atoms with Crippen molar-refractivity contribution in [2.24, 2.45) is 5.90 Å². The van der Waals surface area contributed by atoms with Crippen LogP contribution < -0.4 is 5.90 Å². The van der Waals surface area contributed by atoms with Gasteiger partial charge in [-0.05, 0) is 31.5 Å². The van der Waals surface area contributed by atoms with Gasteiger partial charge in [-0.25, -0.2) is 5.90 Å². The van der Waals surface area contributed by atoms with Crippen LogP contribution >= 0.6 is 0 Å². The van der Waals surface area contributed by atoms with Gasteiger partial charge in [-0.1, -0.05) is 12.1 Å².